The number of aliphatic hydroxyl groups is 1. The van der Waals surface area contributed by atoms with Gasteiger partial charge in [0.25, 0.3) is 0 Å². The average molecular weight is 198 g/mol. The van der Waals surface area contributed by atoms with Crippen molar-refractivity contribution in [3.8, 4) is 5.75 Å². The van der Waals surface area contributed by atoms with Crippen molar-refractivity contribution in [3.05, 3.63) is 23.8 Å². The van der Waals surface area contributed by atoms with Gasteiger partial charge in [0.05, 0.1) is 0 Å². The molecule has 0 unspecified atom stereocenters. The summed E-state index contributed by atoms with van der Waals surface area (Å²) in [6, 6.07) is 5.07. The summed E-state index contributed by atoms with van der Waals surface area (Å²) in [5, 5.41) is 17.7. The quantitative estimate of drug-likeness (QED) is 0.607. The fraction of sp³-hybridized carbons (Fsp3) is 0.143. The molecule has 0 aliphatic heterocycles. The zero-order chi connectivity index (χ0) is 7.56. The van der Waals surface area contributed by atoms with E-state index in [0.29, 0.717) is 5.56 Å². The van der Waals surface area contributed by atoms with Crippen LogP contribution in [0.4, 0.5) is 0 Å². The van der Waals surface area contributed by atoms with Crippen molar-refractivity contribution in [2.75, 3.05) is 0 Å². The molecule has 0 heterocycles. The van der Waals surface area contributed by atoms with Crippen LogP contribution in [0, 0.1) is 0 Å². The molecule has 0 amide bonds. The van der Waals surface area contributed by atoms with Gasteiger partial charge in [0.2, 0.25) is 0 Å². The average Bonchev–Trinajstić information content (AvgIpc) is 1.94. The first kappa shape index (κ1) is 7.64. The maximum absolute atomic E-state index is 9.07. The van der Waals surface area contributed by atoms with E-state index < -0.39 is 0 Å². The molecule has 0 fully saturated rings. The van der Waals surface area contributed by atoms with Crippen molar-refractivity contribution in [3.63, 3.8) is 0 Å². The van der Waals surface area contributed by atoms with Crippen LogP contribution in [-0.2, 0) is 6.61 Å². The summed E-state index contributed by atoms with van der Waals surface area (Å²) in [7, 11) is 0. The Hall–Kier alpha value is -0.462. The van der Waals surface area contributed by atoms with Crippen LogP contribution in [0.2, 0.25) is 0 Å². The van der Waals surface area contributed by atoms with Gasteiger partial charge in [-0.1, -0.05) is 0 Å². The van der Waals surface area contributed by atoms with Gasteiger partial charge in [0.1, 0.15) is 0 Å². The first-order valence-corrected chi connectivity index (χ1v) is 3.79. The topological polar surface area (TPSA) is 40.5 Å². The van der Waals surface area contributed by atoms with Crippen LogP contribution >= 0.6 is 0 Å². The molecule has 1 rings (SSSR count). The number of benzene rings is 1. The van der Waals surface area contributed by atoms with Crippen LogP contribution in [0.5, 0.6) is 5.75 Å². The SMILES string of the molecule is OCc1cc([As])ccc1O. The Kier molecular flexibility index (Phi) is 2.36. The van der Waals surface area contributed by atoms with E-state index in [1.54, 1.807) is 18.2 Å². The first-order valence-electron chi connectivity index (χ1n) is 2.86. The second-order valence-corrected chi connectivity index (χ2v) is 3.05. The zero-order valence-electron chi connectivity index (χ0n) is 5.28. The molecule has 0 aromatic heterocycles. The minimum absolute atomic E-state index is 0.114. The molecular weight excluding hydrogens is 191 g/mol. The fourth-order valence-corrected chi connectivity index (χ4v) is 1.18. The van der Waals surface area contributed by atoms with Crippen molar-refractivity contribution >= 4 is 21.2 Å². The molecule has 1 aromatic carbocycles. The van der Waals surface area contributed by atoms with Crippen LogP contribution < -0.4 is 4.35 Å². The van der Waals surface area contributed by atoms with Gasteiger partial charge < -0.3 is 0 Å². The van der Waals surface area contributed by atoms with Crippen LogP contribution in [0.1, 0.15) is 5.56 Å². The number of aromatic hydroxyl groups is 1. The Morgan fingerprint density at radius 1 is 1.40 bits per heavy atom. The fourth-order valence-electron chi connectivity index (χ4n) is 0.699. The van der Waals surface area contributed by atoms with Crippen molar-refractivity contribution in [1.82, 2.24) is 0 Å². The summed E-state index contributed by atoms with van der Waals surface area (Å²) in [6.45, 7) is -0.114. The van der Waals surface area contributed by atoms with E-state index in [9.17, 15) is 0 Å². The van der Waals surface area contributed by atoms with Gasteiger partial charge in [0.15, 0.2) is 0 Å². The summed E-state index contributed by atoms with van der Waals surface area (Å²) < 4.78 is 0.981. The van der Waals surface area contributed by atoms with Crippen LogP contribution in [-0.4, -0.2) is 27.1 Å². The van der Waals surface area contributed by atoms with Crippen molar-refractivity contribution in [2.24, 2.45) is 0 Å². The predicted molar refractivity (Wildman–Crippen MR) is 39.4 cm³/mol. The second-order valence-electron chi connectivity index (χ2n) is 1.97. The first-order chi connectivity index (χ1) is 4.74. The number of phenols is 1. The van der Waals surface area contributed by atoms with Crippen molar-refractivity contribution < 1.29 is 10.2 Å². The number of rotatable bonds is 1. The number of hydrogen-bond acceptors (Lipinski definition) is 2. The van der Waals surface area contributed by atoms with Gasteiger partial charge in [-0.15, -0.1) is 0 Å². The van der Waals surface area contributed by atoms with E-state index in [0.717, 1.165) is 4.35 Å². The monoisotopic (exact) mass is 198 g/mol. The van der Waals surface area contributed by atoms with Gasteiger partial charge in [-0.2, -0.15) is 0 Å². The van der Waals surface area contributed by atoms with E-state index in [4.69, 9.17) is 10.2 Å². The molecule has 0 aliphatic carbocycles. The van der Waals surface area contributed by atoms with E-state index in [1.165, 1.54) is 0 Å². The molecule has 2 nitrogen and oxygen atoms in total. The van der Waals surface area contributed by atoms with Gasteiger partial charge >= 0.3 is 67.5 Å². The Bertz CT molecular complexity index is 235. The molecular formula is C7H7AsO2. The van der Waals surface area contributed by atoms with E-state index in [2.05, 4.69) is 16.9 Å². The summed E-state index contributed by atoms with van der Waals surface area (Å²) in [5.74, 6) is 0.150. The number of hydrogen-bond donors (Lipinski definition) is 2. The summed E-state index contributed by atoms with van der Waals surface area (Å²) in [5.41, 5.74) is 0.568. The molecule has 0 bridgehead atoms. The third kappa shape index (κ3) is 1.52. The standard InChI is InChI=1S/C7H7AsO2/c8-6-1-2-7(10)5(3-6)4-9/h1-3,9-10H,4H2. The summed E-state index contributed by atoms with van der Waals surface area (Å²) in [4.78, 5) is 0. The molecule has 10 heavy (non-hydrogen) atoms. The zero-order valence-corrected chi connectivity index (χ0v) is 7.16. The predicted octanol–water partition coefficient (Wildman–Crippen LogP) is -0.322. The van der Waals surface area contributed by atoms with E-state index >= 15 is 0 Å². The molecule has 1 aromatic rings. The third-order valence-corrected chi connectivity index (χ3v) is 1.82. The molecule has 0 aliphatic rings. The number of aliphatic hydroxyl groups excluding tert-OH is 1. The summed E-state index contributed by atoms with van der Waals surface area (Å²) in [6.07, 6.45) is 0. The van der Waals surface area contributed by atoms with Crippen molar-refractivity contribution in [1.29, 1.82) is 0 Å². The third-order valence-electron chi connectivity index (χ3n) is 1.23. The maximum atomic E-state index is 9.07. The molecule has 3 heteroatoms. The molecule has 52 valence electrons. The normalized spacial score (nSPS) is 9.80. The van der Waals surface area contributed by atoms with Gasteiger partial charge in [-0.3, -0.25) is 0 Å². The van der Waals surface area contributed by atoms with Gasteiger partial charge in [-0.05, 0) is 0 Å². The Balaban J connectivity index is 3.09. The molecule has 2 radical (unpaired) electrons. The Morgan fingerprint density at radius 2 is 2.10 bits per heavy atom. The Labute approximate surface area is 68.0 Å². The Morgan fingerprint density at radius 3 is 2.60 bits per heavy atom. The molecule has 0 saturated heterocycles. The van der Waals surface area contributed by atoms with Crippen molar-refractivity contribution in [2.45, 2.75) is 6.61 Å². The van der Waals surface area contributed by atoms with Crippen LogP contribution in [0.25, 0.3) is 0 Å². The minimum atomic E-state index is -0.114. The molecule has 0 atom stereocenters. The molecule has 0 saturated carbocycles. The van der Waals surface area contributed by atoms with Crippen LogP contribution in [0.15, 0.2) is 18.2 Å². The van der Waals surface area contributed by atoms with E-state index in [-0.39, 0.29) is 12.4 Å². The van der Waals surface area contributed by atoms with E-state index in [1.807, 2.05) is 0 Å². The summed E-state index contributed by atoms with van der Waals surface area (Å²) >= 11 is 2.35. The second kappa shape index (κ2) is 3.09. The molecule has 0 spiro atoms. The van der Waals surface area contributed by atoms with Gasteiger partial charge in [0, 0.05) is 0 Å². The van der Waals surface area contributed by atoms with Gasteiger partial charge in [-0.25, -0.2) is 0 Å². The van der Waals surface area contributed by atoms with Crippen LogP contribution in [0.3, 0.4) is 0 Å². The molecule has 2 N–H and O–H groups in total.